The van der Waals surface area contributed by atoms with Crippen LogP contribution < -0.4 is 0 Å². The minimum absolute atomic E-state index is 0.284. The highest BCUT2D eigenvalue weighted by Gasteiger charge is 2.08. The van der Waals surface area contributed by atoms with Crippen molar-refractivity contribution in [2.24, 2.45) is 0 Å². The van der Waals surface area contributed by atoms with Crippen LogP contribution in [0.1, 0.15) is 32.6 Å². The summed E-state index contributed by atoms with van der Waals surface area (Å²) in [6, 6.07) is 13.6. The SMILES string of the molecule is COC(=O)c1cccc(C)c1.Cc1ccc2c(c1)COOC2. The van der Waals surface area contributed by atoms with Gasteiger partial charge in [-0.25, -0.2) is 14.6 Å². The molecule has 3 rings (SSSR count). The molecule has 0 unspecified atom stereocenters. The highest BCUT2D eigenvalue weighted by atomic mass is 17.2. The molecule has 2 aromatic rings. The molecule has 2 aromatic carbocycles. The number of aryl methyl sites for hydroxylation is 2. The second kappa shape index (κ2) is 7.73. The molecule has 0 bridgehead atoms. The Labute approximate surface area is 130 Å². The molecular formula is C18H20O4. The normalized spacial score (nSPS) is 12.7. The lowest BCUT2D eigenvalue weighted by atomic mass is 10.1. The lowest BCUT2D eigenvalue weighted by Gasteiger charge is -2.15. The Hall–Kier alpha value is -2.17. The third kappa shape index (κ3) is 4.41. The van der Waals surface area contributed by atoms with E-state index in [2.05, 4.69) is 29.9 Å². The van der Waals surface area contributed by atoms with E-state index in [4.69, 9.17) is 9.78 Å². The van der Waals surface area contributed by atoms with Gasteiger partial charge in [0.15, 0.2) is 0 Å². The summed E-state index contributed by atoms with van der Waals surface area (Å²) in [6.07, 6.45) is 0. The lowest BCUT2D eigenvalue weighted by Crippen LogP contribution is -2.07. The molecule has 0 spiro atoms. The van der Waals surface area contributed by atoms with Crippen LogP contribution in [0.15, 0.2) is 42.5 Å². The predicted octanol–water partition coefficient (Wildman–Crippen LogP) is 3.74. The smallest absolute Gasteiger partial charge is 0.337 e. The van der Waals surface area contributed by atoms with Gasteiger partial charge in [-0.05, 0) is 37.1 Å². The number of hydrogen-bond donors (Lipinski definition) is 0. The van der Waals surface area contributed by atoms with E-state index in [0.717, 1.165) is 5.56 Å². The zero-order chi connectivity index (χ0) is 15.9. The van der Waals surface area contributed by atoms with Crippen molar-refractivity contribution >= 4 is 5.97 Å². The summed E-state index contributed by atoms with van der Waals surface area (Å²) in [6.45, 7) is 5.18. The fraction of sp³-hybridized carbons (Fsp3) is 0.278. The quantitative estimate of drug-likeness (QED) is 0.594. The average molecular weight is 300 g/mol. The van der Waals surface area contributed by atoms with Crippen LogP contribution in [0.3, 0.4) is 0 Å². The molecule has 0 N–H and O–H groups in total. The molecule has 0 saturated carbocycles. The maximum absolute atomic E-state index is 10.9. The van der Waals surface area contributed by atoms with Crippen molar-refractivity contribution in [3.8, 4) is 0 Å². The van der Waals surface area contributed by atoms with E-state index in [9.17, 15) is 4.79 Å². The molecule has 0 aromatic heterocycles. The Balaban J connectivity index is 0.000000160. The number of benzene rings is 2. The molecule has 0 fully saturated rings. The third-order valence-electron chi connectivity index (χ3n) is 3.31. The van der Waals surface area contributed by atoms with Gasteiger partial charge in [0.25, 0.3) is 0 Å². The Morgan fingerprint density at radius 3 is 2.32 bits per heavy atom. The van der Waals surface area contributed by atoms with E-state index in [-0.39, 0.29) is 5.97 Å². The van der Waals surface area contributed by atoms with E-state index < -0.39 is 0 Å². The molecule has 1 aliphatic rings. The molecule has 0 radical (unpaired) electrons. The highest BCUT2D eigenvalue weighted by molar-refractivity contribution is 5.89. The molecular weight excluding hydrogens is 280 g/mol. The van der Waals surface area contributed by atoms with Crippen LogP contribution in [0.25, 0.3) is 0 Å². The van der Waals surface area contributed by atoms with Gasteiger partial charge in [-0.3, -0.25) is 0 Å². The summed E-state index contributed by atoms with van der Waals surface area (Å²) in [5.41, 5.74) is 5.42. The molecule has 1 heterocycles. The number of methoxy groups -OCH3 is 1. The summed E-state index contributed by atoms with van der Waals surface area (Å²) in [5.74, 6) is -0.284. The van der Waals surface area contributed by atoms with Crippen molar-refractivity contribution in [1.82, 2.24) is 0 Å². The lowest BCUT2D eigenvalue weighted by molar-refractivity contribution is -0.322. The Bertz CT molecular complexity index is 649. The van der Waals surface area contributed by atoms with Crippen LogP contribution in [0.4, 0.5) is 0 Å². The van der Waals surface area contributed by atoms with Gasteiger partial charge >= 0.3 is 5.97 Å². The molecule has 116 valence electrons. The number of esters is 1. The number of ether oxygens (including phenoxy) is 1. The second-order valence-electron chi connectivity index (χ2n) is 5.16. The van der Waals surface area contributed by atoms with Crippen LogP contribution in [-0.2, 0) is 27.7 Å². The average Bonchev–Trinajstić information content (AvgIpc) is 2.54. The molecule has 0 atom stereocenters. The Kier molecular flexibility index (Phi) is 5.69. The van der Waals surface area contributed by atoms with Crippen molar-refractivity contribution in [3.05, 3.63) is 70.3 Å². The van der Waals surface area contributed by atoms with Crippen LogP contribution in [-0.4, -0.2) is 13.1 Å². The van der Waals surface area contributed by atoms with E-state index in [1.165, 1.54) is 23.8 Å². The molecule has 0 saturated heterocycles. The largest absolute Gasteiger partial charge is 0.465 e. The number of hydrogen-bond acceptors (Lipinski definition) is 4. The van der Waals surface area contributed by atoms with Gasteiger partial charge in [0.2, 0.25) is 0 Å². The minimum atomic E-state index is -0.284. The first-order valence-electron chi connectivity index (χ1n) is 7.08. The van der Waals surface area contributed by atoms with E-state index >= 15 is 0 Å². The Morgan fingerprint density at radius 1 is 0.955 bits per heavy atom. The number of fused-ring (bicyclic) bond motifs is 1. The van der Waals surface area contributed by atoms with Crippen molar-refractivity contribution in [1.29, 1.82) is 0 Å². The first-order chi connectivity index (χ1) is 10.6. The zero-order valence-corrected chi connectivity index (χ0v) is 13.1. The van der Waals surface area contributed by atoms with Crippen LogP contribution >= 0.6 is 0 Å². The zero-order valence-electron chi connectivity index (χ0n) is 13.1. The van der Waals surface area contributed by atoms with Crippen molar-refractivity contribution < 1.29 is 19.3 Å². The van der Waals surface area contributed by atoms with Crippen molar-refractivity contribution in [3.63, 3.8) is 0 Å². The first kappa shape index (κ1) is 16.2. The van der Waals surface area contributed by atoms with Gasteiger partial charge in [-0.1, -0.05) is 41.5 Å². The number of carbonyl (C=O) groups is 1. The van der Waals surface area contributed by atoms with E-state index in [0.29, 0.717) is 18.8 Å². The topological polar surface area (TPSA) is 44.8 Å². The molecule has 1 aliphatic heterocycles. The molecule has 4 heteroatoms. The molecule has 0 amide bonds. The van der Waals surface area contributed by atoms with Gasteiger partial charge < -0.3 is 4.74 Å². The van der Waals surface area contributed by atoms with E-state index in [1.807, 2.05) is 19.1 Å². The summed E-state index contributed by atoms with van der Waals surface area (Å²) < 4.78 is 4.55. The summed E-state index contributed by atoms with van der Waals surface area (Å²) in [5, 5.41) is 0. The summed E-state index contributed by atoms with van der Waals surface area (Å²) >= 11 is 0. The summed E-state index contributed by atoms with van der Waals surface area (Å²) in [7, 11) is 1.38. The second-order valence-corrected chi connectivity index (χ2v) is 5.16. The Morgan fingerprint density at radius 2 is 1.64 bits per heavy atom. The predicted molar refractivity (Wildman–Crippen MR) is 83.3 cm³/mol. The molecule has 22 heavy (non-hydrogen) atoms. The molecule has 4 nitrogen and oxygen atoms in total. The van der Waals surface area contributed by atoms with Crippen LogP contribution in [0.5, 0.6) is 0 Å². The minimum Gasteiger partial charge on any atom is -0.465 e. The van der Waals surface area contributed by atoms with Gasteiger partial charge in [-0.15, -0.1) is 0 Å². The maximum Gasteiger partial charge on any atom is 0.337 e. The van der Waals surface area contributed by atoms with Gasteiger partial charge in [0, 0.05) is 0 Å². The molecule has 0 aliphatic carbocycles. The first-order valence-corrected chi connectivity index (χ1v) is 7.08. The van der Waals surface area contributed by atoms with Gasteiger partial charge in [0.1, 0.15) is 13.2 Å². The number of carbonyl (C=O) groups excluding carboxylic acids is 1. The third-order valence-corrected chi connectivity index (χ3v) is 3.31. The highest BCUT2D eigenvalue weighted by Crippen LogP contribution is 2.18. The maximum atomic E-state index is 10.9. The van der Waals surface area contributed by atoms with Crippen molar-refractivity contribution in [2.75, 3.05) is 7.11 Å². The van der Waals surface area contributed by atoms with Crippen LogP contribution in [0.2, 0.25) is 0 Å². The van der Waals surface area contributed by atoms with Gasteiger partial charge in [-0.2, -0.15) is 0 Å². The van der Waals surface area contributed by atoms with Crippen molar-refractivity contribution in [2.45, 2.75) is 27.1 Å². The standard InChI is InChI=1S/2C9H10O2/c1-7-2-3-8-5-10-11-6-9(8)4-7;1-7-4-3-5-8(6-7)9(10)11-2/h2-4H,5-6H2,1H3;3-6H,1-2H3. The van der Waals surface area contributed by atoms with Gasteiger partial charge in [0.05, 0.1) is 12.7 Å². The van der Waals surface area contributed by atoms with E-state index in [1.54, 1.807) is 12.1 Å². The monoisotopic (exact) mass is 300 g/mol. The fourth-order valence-electron chi connectivity index (χ4n) is 2.13. The fourth-order valence-corrected chi connectivity index (χ4v) is 2.13. The summed E-state index contributed by atoms with van der Waals surface area (Å²) in [4.78, 5) is 20.6. The number of rotatable bonds is 1. The van der Waals surface area contributed by atoms with Crippen LogP contribution in [0, 0.1) is 13.8 Å².